The Morgan fingerprint density at radius 3 is 2.50 bits per heavy atom. The molecule has 0 saturated heterocycles. The quantitative estimate of drug-likeness (QED) is 0.742. The largest absolute Gasteiger partial charge is 0.357 e. The molecule has 0 aliphatic carbocycles. The lowest BCUT2D eigenvalue weighted by Gasteiger charge is -2.20. The van der Waals surface area contributed by atoms with Crippen LogP contribution < -0.4 is 10.2 Å². The average molecular weight is 278 g/mol. The molecule has 1 rings (SSSR count). The van der Waals surface area contributed by atoms with E-state index in [-0.39, 0.29) is 5.91 Å². The highest BCUT2D eigenvalue weighted by Gasteiger charge is 2.12. The third kappa shape index (κ3) is 4.79. The second-order valence-corrected chi connectivity index (χ2v) is 4.79. The van der Waals surface area contributed by atoms with E-state index >= 15 is 0 Å². The molecule has 0 unspecified atom stereocenters. The Kier molecular flexibility index (Phi) is 6.98. The molecule has 5 nitrogen and oxygen atoms in total. The second-order valence-electron chi connectivity index (χ2n) is 4.79. The van der Waals surface area contributed by atoms with Gasteiger partial charge in [0.25, 0.3) is 5.91 Å². The molecule has 1 amide bonds. The summed E-state index contributed by atoms with van der Waals surface area (Å²) >= 11 is 0. The maximum atomic E-state index is 12.1. The average Bonchev–Trinajstić information content (AvgIpc) is 2.44. The van der Waals surface area contributed by atoms with Crippen LogP contribution in [-0.4, -0.2) is 35.5 Å². The van der Waals surface area contributed by atoms with Gasteiger partial charge in [0.15, 0.2) is 0 Å². The van der Waals surface area contributed by atoms with Gasteiger partial charge in [-0.15, -0.1) is 0 Å². The normalized spacial score (nSPS) is 10.4. The van der Waals surface area contributed by atoms with E-state index in [1.54, 1.807) is 6.07 Å². The molecule has 0 aromatic carbocycles. The molecule has 0 spiro atoms. The SMILES string of the molecule is CCCCCNC(=O)c1cc(N(CC)CC)nc(C)n1. The van der Waals surface area contributed by atoms with Crippen molar-refractivity contribution in [3.8, 4) is 0 Å². The molecule has 112 valence electrons. The number of hydrogen-bond acceptors (Lipinski definition) is 4. The van der Waals surface area contributed by atoms with Gasteiger partial charge in [0.1, 0.15) is 17.3 Å². The van der Waals surface area contributed by atoms with Gasteiger partial charge in [0, 0.05) is 25.7 Å². The number of unbranched alkanes of at least 4 members (excludes halogenated alkanes) is 2. The van der Waals surface area contributed by atoms with Crippen LogP contribution in [0.15, 0.2) is 6.07 Å². The number of hydrogen-bond donors (Lipinski definition) is 1. The maximum absolute atomic E-state index is 12.1. The number of carbonyl (C=O) groups excluding carboxylic acids is 1. The number of carbonyl (C=O) groups is 1. The summed E-state index contributed by atoms with van der Waals surface area (Å²) in [6.07, 6.45) is 3.29. The van der Waals surface area contributed by atoms with Crippen LogP contribution in [0.3, 0.4) is 0 Å². The van der Waals surface area contributed by atoms with Gasteiger partial charge in [0.2, 0.25) is 0 Å². The third-order valence-corrected chi connectivity index (χ3v) is 3.21. The molecule has 0 bridgehead atoms. The minimum absolute atomic E-state index is 0.111. The molecule has 5 heteroatoms. The number of rotatable bonds is 8. The van der Waals surface area contributed by atoms with Crippen LogP contribution in [0.4, 0.5) is 5.82 Å². The molecule has 20 heavy (non-hydrogen) atoms. The summed E-state index contributed by atoms with van der Waals surface area (Å²) in [4.78, 5) is 22.8. The molecule has 1 aromatic rings. The zero-order chi connectivity index (χ0) is 15.0. The first-order valence-electron chi connectivity index (χ1n) is 7.51. The Balaban J connectivity index is 2.76. The van der Waals surface area contributed by atoms with E-state index < -0.39 is 0 Å². The summed E-state index contributed by atoms with van der Waals surface area (Å²) in [7, 11) is 0. The van der Waals surface area contributed by atoms with Gasteiger partial charge in [-0.05, 0) is 27.2 Å². The Morgan fingerprint density at radius 1 is 1.20 bits per heavy atom. The highest BCUT2D eigenvalue weighted by molar-refractivity contribution is 5.92. The number of amides is 1. The van der Waals surface area contributed by atoms with Crippen molar-refractivity contribution in [2.75, 3.05) is 24.5 Å². The number of nitrogens with zero attached hydrogens (tertiary/aromatic N) is 3. The summed E-state index contributed by atoms with van der Waals surface area (Å²) in [5.41, 5.74) is 0.455. The molecular weight excluding hydrogens is 252 g/mol. The number of aryl methyl sites for hydroxylation is 1. The number of aromatic nitrogens is 2. The predicted molar refractivity (Wildman–Crippen MR) is 82.2 cm³/mol. The van der Waals surface area contributed by atoms with Crippen LogP contribution in [0.5, 0.6) is 0 Å². The minimum Gasteiger partial charge on any atom is -0.357 e. The van der Waals surface area contributed by atoms with Crippen molar-refractivity contribution in [2.45, 2.75) is 47.0 Å². The van der Waals surface area contributed by atoms with Gasteiger partial charge < -0.3 is 10.2 Å². The first kappa shape index (κ1) is 16.4. The van der Waals surface area contributed by atoms with Crippen LogP contribution in [0, 0.1) is 6.92 Å². The van der Waals surface area contributed by atoms with Crippen LogP contribution in [0.1, 0.15) is 56.3 Å². The Hall–Kier alpha value is -1.65. The fourth-order valence-corrected chi connectivity index (χ4v) is 2.05. The van der Waals surface area contributed by atoms with Crippen molar-refractivity contribution >= 4 is 11.7 Å². The van der Waals surface area contributed by atoms with Crippen LogP contribution in [0.2, 0.25) is 0 Å². The molecule has 0 aliphatic rings. The van der Waals surface area contributed by atoms with E-state index in [1.165, 1.54) is 0 Å². The molecule has 0 atom stereocenters. The fourth-order valence-electron chi connectivity index (χ4n) is 2.05. The van der Waals surface area contributed by atoms with Crippen LogP contribution in [0.25, 0.3) is 0 Å². The number of anilines is 1. The topological polar surface area (TPSA) is 58.1 Å². The van der Waals surface area contributed by atoms with Gasteiger partial charge in [-0.2, -0.15) is 0 Å². The molecule has 0 radical (unpaired) electrons. The van der Waals surface area contributed by atoms with E-state index in [4.69, 9.17) is 0 Å². The third-order valence-electron chi connectivity index (χ3n) is 3.21. The van der Waals surface area contributed by atoms with Gasteiger partial charge in [-0.25, -0.2) is 9.97 Å². The van der Waals surface area contributed by atoms with Crippen molar-refractivity contribution in [3.05, 3.63) is 17.6 Å². The van der Waals surface area contributed by atoms with Gasteiger partial charge in [-0.3, -0.25) is 4.79 Å². The lowest BCUT2D eigenvalue weighted by atomic mass is 10.2. The summed E-state index contributed by atoms with van der Waals surface area (Å²) in [5.74, 6) is 1.34. The van der Waals surface area contributed by atoms with Crippen molar-refractivity contribution < 1.29 is 4.79 Å². The molecule has 1 N–H and O–H groups in total. The second kappa shape index (κ2) is 8.51. The smallest absolute Gasteiger partial charge is 0.270 e. The van der Waals surface area contributed by atoms with Crippen molar-refractivity contribution in [1.82, 2.24) is 15.3 Å². The van der Waals surface area contributed by atoms with Crippen LogP contribution >= 0.6 is 0 Å². The van der Waals surface area contributed by atoms with Crippen molar-refractivity contribution in [2.24, 2.45) is 0 Å². The van der Waals surface area contributed by atoms with E-state index in [0.29, 0.717) is 18.1 Å². The van der Waals surface area contributed by atoms with E-state index in [9.17, 15) is 4.79 Å². The first-order chi connectivity index (χ1) is 9.62. The Morgan fingerprint density at radius 2 is 1.90 bits per heavy atom. The minimum atomic E-state index is -0.111. The zero-order valence-electron chi connectivity index (χ0n) is 13.1. The molecular formula is C15H26N4O. The summed E-state index contributed by atoms with van der Waals surface area (Å²) < 4.78 is 0. The lowest BCUT2D eigenvalue weighted by Crippen LogP contribution is -2.28. The first-order valence-corrected chi connectivity index (χ1v) is 7.51. The Labute approximate surface area is 121 Å². The summed E-state index contributed by atoms with van der Waals surface area (Å²) in [6.45, 7) is 10.6. The molecule has 1 heterocycles. The standard InChI is InChI=1S/C15H26N4O/c1-5-8-9-10-16-15(20)13-11-14(18-12(4)17-13)19(6-2)7-3/h11H,5-10H2,1-4H3,(H,16,20). The highest BCUT2D eigenvalue weighted by atomic mass is 16.1. The van der Waals surface area contributed by atoms with E-state index in [0.717, 1.165) is 38.2 Å². The van der Waals surface area contributed by atoms with Gasteiger partial charge in [-0.1, -0.05) is 19.8 Å². The predicted octanol–water partition coefficient (Wildman–Crippen LogP) is 2.55. The maximum Gasteiger partial charge on any atom is 0.270 e. The number of nitrogens with one attached hydrogen (secondary N) is 1. The molecule has 0 aliphatic heterocycles. The van der Waals surface area contributed by atoms with Crippen molar-refractivity contribution in [1.29, 1.82) is 0 Å². The molecule has 0 fully saturated rings. The molecule has 1 aromatic heterocycles. The Bertz CT molecular complexity index is 430. The highest BCUT2D eigenvalue weighted by Crippen LogP contribution is 2.12. The van der Waals surface area contributed by atoms with E-state index in [2.05, 4.69) is 41.0 Å². The molecule has 0 saturated carbocycles. The van der Waals surface area contributed by atoms with Gasteiger partial charge in [0.05, 0.1) is 0 Å². The summed E-state index contributed by atoms with van der Waals surface area (Å²) in [5, 5.41) is 2.92. The van der Waals surface area contributed by atoms with E-state index in [1.807, 2.05) is 6.92 Å². The van der Waals surface area contributed by atoms with Crippen LogP contribution in [-0.2, 0) is 0 Å². The fraction of sp³-hybridized carbons (Fsp3) is 0.667. The lowest BCUT2D eigenvalue weighted by molar-refractivity contribution is 0.0947. The monoisotopic (exact) mass is 278 g/mol. The zero-order valence-corrected chi connectivity index (χ0v) is 13.1. The summed E-state index contributed by atoms with van der Waals surface area (Å²) in [6, 6.07) is 1.77. The van der Waals surface area contributed by atoms with Crippen molar-refractivity contribution in [3.63, 3.8) is 0 Å². The van der Waals surface area contributed by atoms with Gasteiger partial charge >= 0.3 is 0 Å².